The van der Waals surface area contributed by atoms with Crippen LogP contribution < -0.4 is 5.48 Å². The Bertz CT molecular complexity index is 190. The van der Waals surface area contributed by atoms with Gasteiger partial charge >= 0.3 is 14.8 Å². The smallest absolute Gasteiger partial charge is 0.377 e. The van der Waals surface area contributed by atoms with Crippen LogP contribution in [0.4, 0.5) is 0 Å². The van der Waals surface area contributed by atoms with Gasteiger partial charge in [-0.15, -0.1) is 0 Å². The van der Waals surface area contributed by atoms with E-state index in [-0.39, 0.29) is 5.97 Å². The van der Waals surface area contributed by atoms with Crippen molar-refractivity contribution in [3.05, 3.63) is 0 Å². The molecule has 0 aliphatic rings. The van der Waals surface area contributed by atoms with Gasteiger partial charge in [0.2, 0.25) is 0 Å². The third-order valence-electron chi connectivity index (χ3n) is 2.17. The molecule has 0 amide bonds. The van der Waals surface area contributed by atoms with Gasteiger partial charge in [0.1, 0.15) is 0 Å². The third kappa shape index (κ3) is 5.57. The Kier molecular flexibility index (Phi) is 8.40. The van der Waals surface area contributed by atoms with Crippen molar-refractivity contribution in [1.82, 2.24) is 5.48 Å². The second kappa shape index (κ2) is 8.65. The lowest BCUT2D eigenvalue weighted by Gasteiger charge is -2.24. The van der Waals surface area contributed by atoms with Gasteiger partial charge in [-0.2, -0.15) is 5.48 Å². The van der Waals surface area contributed by atoms with Crippen molar-refractivity contribution in [3.63, 3.8) is 0 Å². The molecular weight excluding hydrogens is 230 g/mol. The summed E-state index contributed by atoms with van der Waals surface area (Å²) in [7, 11) is 2.24. The molecular formula is C9H21NO5Si. The van der Waals surface area contributed by atoms with Gasteiger partial charge < -0.3 is 18.1 Å². The maximum Gasteiger partial charge on any atom is 0.500 e. The molecule has 0 aliphatic carbocycles. The molecule has 0 fully saturated rings. The summed E-state index contributed by atoms with van der Waals surface area (Å²) in [5, 5.41) is 0. The molecule has 0 aromatic carbocycles. The summed E-state index contributed by atoms with van der Waals surface area (Å²) in [4.78, 5) is 15.5. The van der Waals surface area contributed by atoms with Crippen LogP contribution in [-0.4, -0.2) is 42.6 Å². The van der Waals surface area contributed by atoms with Crippen LogP contribution in [0.15, 0.2) is 0 Å². The molecule has 96 valence electrons. The molecule has 7 heteroatoms. The first-order chi connectivity index (χ1) is 7.64. The molecule has 0 bridgehead atoms. The summed E-state index contributed by atoms with van der Waals surface area (Å²) in [6, 6.07) is 0.674. The highest BCUT2D eigenvalue weighted by Crippen LogP contribution is 2.14. The molecule has 0 saturated heterocycles. The fourth-order valence-corrected chi connectivity index (χ4v) is 2.86. The molecule has 0 radical (unpaired) electrons. The second-order valence-corrected chi connectivity index (χ2v) is 6.21. The number of hydroxylamine groups is 1. The van der Waals surface area contributed by atoms with E-state index in [0.29, 0.717) is 19.0 Å². The molecule has 0 rings (SSSR count). The Balaban J connectivity index is 3.67. The van der Waals surface area contributed by atoms with Crippen LogP contribution in [0.2, 0.25) is 6.04 Å². The van der Waals surface area contributed by atoms with Gasteiger partial charge in [0.15, 0.2) is 0 Å². The van der Waals surface area contributed by atoms with Crippen LogP contribution in [0, 0.1) is 0 Å². The summed E-state index contributed by atoms with van der Waals surface area (Å²) < 4.78 is 15.7. The van der Waals surface area contributed by atoms with E-state index in [1.807, 2.05) is 0 Å². The van der Waals surface area contributed by atoms with Gasteiger partial charge in [0, 0.05) is 40.3 Å². The van der Waals surface area contributed by atoms with Crippen LogP contribution in [0.1, 0.15) is 19.8 Å². The molecule has 0 spiro atoms. The van der Waals surface area contributed by atoms with Gasteiger partial charge in [-0.1, -0.05) is 6.92 Å². The zero-order chi connectivity index (χ0) is 12.4. The van der Waals surface area contributed by atoms with E-state index in [1.54, 1.807) is 28.3 Å². The Morgan fingerprint density at radius 1 is 1.19 bits per heavy atom. The summed E-state index contributed by atoms with van der Waals surface area (Å²) in [6.45, 7) is 2.29. The highest BCUT2D eigenvalue weighted by molar-refractivity contribution is 6.60. The minimum Gasteiger partial charge on any atom is -0.377 e. The van der Waals surface area contributed by atoms with Crippen LogP contribution in [-0.2, 0) is 22.9 Å². The van der Waals surface area contributed by atoms with E-state index in [0.717, 1.165) is 6.42 Å². The van der Waals surface area contributed by atoms with E-state index in [4.69, 9.17) is 18.1 Å². The SMILES string of the molecule is CCC(=O)ONCCC[Si](OC)(OC)OC. The first-order valence-corrected chi connectivity index (χ1v) is 7.15. The number of hydrogen-bond acceptors (Lipinski definition) is 6. The first kappa shape index (κ1) is 15.5. The number of carbonyl (C=O) groups is 1. The van der Waals surface area contributed by atoms with Gasteiger partial charge in [-0.3, -0.25) is 4.79 Å². The quantitative estimate of drug-likeness (QED) is 0.370. The first-order valence-electron chi connectivity index (χ1n) is 5.22. The average Bonchev–Trinajstić information content (AvgIpc) is 2.34. The molecule has 1 N–H and O–H groups in total. The number of hydrogen-bond donors (Lipinski definition) is 1. The van der Waals surface area contributed by atoms with Crippen molar-refractivity contribution in [2.75, 3.05) is 27.9 Å². The zero-order valence-electron chi connectivity index (χ0n) is 10.4. The molecule has 0 atom stereocenters. The fourth-order valence-electron chi connectivity index (χ4n) is 1.14. The largest absolute Gasteiger partial charge is 0.500 e. The predicted molar refractivity (Wildman–Crippen MR) is 60.6 cm³/mol. The highest BCUT2D eigenvalue weighted by Gasteiger charge is 2.36. The number of rotatable bonds is 9. The standard InChI is InChI=1S/C9H21NO5Si/c1-5-9(11)15-10-7-6-8-16(12-2,13-3)14-4/h10H,5-8H2,1-4H3. The average molecular weight is 251 g/mol. The minimum atomic E-state index is -2.48. The summed E-state index contributed by atoms with van der Waals surface area (Å²) >= 11 is 0. The lowest BCUT2D eigenvalue weighted by atomic mass is 10.5. The van der Waals surface area contributed by atoms with E-state index in [9.17, 15) is 4.79 Å². The molecule has 0 aromatic rings. The Hall–Kier alpha value is -0.473. The lowest BCUT2D eigenvalue weighted by molar-refractivity contribution is -0.150. The van der Waals surface area contributed by atoms with Gasteiger partial charge in [0.05, 0.1) is 0 Å². The van der Waals surface area contributed by atoms with Crippen LogP contribution in [0.5, 0.6) is 0 Å². The molecule has 0 heterocycles. The number of nitrogens with one attached hydrogen (secondary N) is 1. The maximum absolute atomic E-state index is 10.8. The predicted octanol–water partition coefficient (Wildman–Crippen LogP) is 0.712. The topological polar surface area (TPSA) is 66.0 Å². The Morgan fingerprint density at radius 3 is 2.19 bits per heavy atom. The third-order valence-corrected chi connectivity index (χ3v) is 5.00. The van der Waals surface area contributed by atoms with Crippen molar-refractivity contribution in [2.24, 2.45) is 0 Å². The Morgan fingerprint density at radius 2 is 1.75 bits per heavy atom. The second-order valence-electron chi connectivity index (χ2n) is 3.12. The fraction of sp³-hybridized carbons (Fsp3) is 0.889. The molecule has 6 nitrogen and oxygen atoms in total. The van der Waals surface area contributed by atoms with Crippen molar-refractivity contribution in [1.29, 1.82) is 0 Å². The Labute approximate surface area is 97.5 Å². The van der Waals surface area contributed by atoms with Crippen LogP contribution in [0.25, 0.3) is 0 Å². The monoisotopic (exact) mass is 251 g/mol. The van der Waals surface area contributed by atoms with Crippen molar-refractivity contribution >= 4 is 14.8 Å². The van der Waals surface area contributed by atoms with E-state index in [1.165, 1.54) is 0 Å². The van der Waals surface area contributed by atoms with Crippen LogP contribution >= 0.6 is 0 Å². The van der Waals surface area contributed by atoms with Crippen LogP contribution in [0.3, 0.4) is 0 Å². The summed E-state index contributed by atoms with van der Waals surface area (Å²) in [5.41, 5.74) is 2.59. The van der Waals surface area contributed by atoms with Gasteiger partial charge in [-0.05, 0) is 6.42 Å². The summed E-state index contributed by atoms with van der Waals surface area (Å²) in [5.74, 6) is -0.270. The number of carbonyl (C=O) groups excluding carboxylic acids is 1. The van der Waals surface area contributed by atoms with E-state index in [2.05, 4.69) is 5.48 Å². The molecule has 16 heavy (non-hydrogen) atoms. The van der Waals surface area contributed by atoms with E-state index < -0.39 is 8.80 Å². The maximum atomic E-state index is 10.8. The van der Waals surface area contributed by atoms with Gasteiger partial charge in [-0.25, -0.2) is 0 Å². The van der Waals surface area contributed by atoms with Crippen molar-refractivity contribution in [3.8, 4) is 0 Å². The minimum absolute atomic E-state index is 0.270. The van der Waals surface area contributed by atoms with Crippen molar-refractivity contribution in [2.45, 2.75) is 25.8 Å². The molecule has 0 saturated carbocycles. The van der Waals surface area contributed by atoms with E-state index >= 15 is 0 Å². The normalized spacial score (nSPS) is 11.5. The highest BCUT2D eigenvalue weighted by atomic mass is 28.4. The molecule has 0 unspecified atom stereocenters. The molecule has 0 aromatic heterocycles. The summed E-state index contributed by atoms with van der Waals surface area (Å²) in [6.07, 6.45) is 1.11. The van der Waals surface area contributed by atoms with Crippen molar-refractivity contribution < 1.29 is 22.9 Å². The lowest BCUT2D eigenvalue weighted by Crippen LogP contribution is -2.43. The van der Waals surface area contributed by atoms with Gasteiger partial charge in [0.25, 0.3) is 0 Å². The molecule has 0 aliphatic heterocycles. The zero-order valence-corrected chi connectivity index (χ0v) is 11.4.